The third kappa shape index (κ3) is 5.01. The standard InChI is InChI=1S/C14H15ClFNO3/c1-2-3-4-13(18)17-12(8-14(19)20)9-5-6-10(15)11(16)7-9/h2,5-7,12H,1,3-4,8H2,(H,17,18)(H,19,20). The van der Waals surface area contributed by atoms with Gasteiger partial charge >= 0.3 is 5.97 Å². The molecule has 0 aliphatic rings. The van der Waals surface area contributed by atoms with Gasteiger partial charge in [-0.25, -0.2) is 4.39 Å². The average molecular weight is 300 g/mol. The summed E-state index contributed by atoms with van der Waals surface area (Å²) in [6, 6.07) is 3.16. The van der Waals surface area contributed by atoms with Crippen LogP contribution in [0, 0.1) is 5.82 Å². The van der Waals surface area contributed by atoms with E-state index in [0.717, 1.165) is 6.07 Å². The number of carbonyl (C=O) groups excluding carboxylic acids is 1. The van der Waals surface area contributed by atoms with Crippen molar-refractivity contribution in [2.24, 2.45) is 0 Å². The average Bonchev–Trinajstić information content (AvgIpc) is 2.38. The van der Waals surface area contributed by atoms with Gasteiger partial charge in [0.05, 0.1) is 17.5 Å². The fraction of sp³-hybridized carbons (Fsp3) is 0.286. The highest BCUT2D eigenvalue weighted by atomic mass is 35.5. The maximum absolute atomic E-state index is 13.4. The Labute approximate surface area is 121 Å². The van der Waals surface area contributed by atoms with Crippen LogP contribution in [0.2, 0.25) is 5.02 Å². The quantitative estimate of drug-likeness (QED) is 0.760. The Morgan fingerprint density at radius 1 is 1.50 bits per heavy atom. The largest absolute Gasteiger partial charge is 0.481 e. The van der Waals surface area contributed by atoms with Gasteiger partial charge in [0.1, 0.15) is 5.82 Å². The fourth-order valence-electron chi connectivity index (χ4n) is 1.66. The summed E-state index contributed by atoms with van der Waals surface area (Å²) in [5, 5.41) is 11.4. The molecular formula is C14H15ClFNO3. The normalized spacial score (nSPS) is 11.7. The Morgan fingerprint density at radius 3 is 2.75 bits per heavy atom. The molecule has 0 heterocycles. The summed E-state index contributed by atoms with van der Waals surface area (Å²) in [7, 11) is 0. The van der Waals surface area contributed by atoms with Crippen molar-refractivity contribution in [2.75, 3.05) is 0 Å². The Bertz CT molecular complexity index is 519. The van der Waals surface area contributed by atoms with E-state index in [2.05, 4.69) is 11.9 Å². The molecule has 0 bridgehead atoms. The summed E-state index contributed by atoms with van der Waals surface area (Å²) < 4.78 is 13.4. The first-order valence-electron chi connectivity index (χ1n) is 6.01. The van der Waals surface area contributed by atoms with Crippen LogP contribution in [-0.4, -0.2) is 17.0 Å². The zero-order chi connectivity index (χ0) is 15.1. The van der Waals surface area contributed by atoms with E-state index in [9.17, 15) is 14.0 Å². The number of hydrogen-bond donors (Lipinski definition) is 2. The number of aliphatic carboxylic acids is 1. The van der Waals surface area contributed by atoms with E-state index in [1.165, 1.54) is 12.1 Å². The summed E-state index contributed by atoms with van der Waals surface area (Å²) in [5.74, 6) is -2.05. The minimum atomic E-state index is -1.09. The van der Waals surface area contributed by atoms with E-state index < -0.39 is 17.8 Å². The summed E-state index contributed by atoms with van der Waals surface area (Å²) in [4.78, 5) is 22.5. The van der Waals surface area contributed by atoms with Gasteiger partial charge in [0, 0.05) is 6.42 Å². The summed E-state index contributed by atoms with van der Waals surface area (Å²) in [6.45, 7) is 3.50. The van der Waals surface area contributed by atoms with Gasteiger partial charge < -0.3 is 10.4 Å². The monoisotopic (exact) mass is 299 g/mol. The molecule has 0 aromatic heterocycles. The van der Waals surface area contributed by atoms with Crippen LogP contribution in [0.25, 0.3) is 0 Å². The molecule has 0 saturated carbocycles. The zero-order valence-electron chi connectivity index (χ0n) is 10.7. The van der Waals surface area contributed by atoms with E-state index >= 15 is 0 Å². The van der Waals surface area contributed by atoms with Gasteiger partial charge in [0.15, 0.2) is 0 Å². The highest BCUT2D eigenvalue weighted by molar-refractivity contribution is 6.30. The third-order valence-corrected chi connectivity index (χ3v) is 2.94. The predicted octanol–water partition coefficient (Wildman–Crippen LogP) is 3.08. The van der Waals surface area contributed by atoms with Crippen molar-refractivity contribution >= 4 is 23.5 Å². The highest BCUT2D eigenvalue weighted by Gasteiger charge is 2.19. The molecule has 0 radical (unpaired) electrons. The van der Waals surface area contributed by atoms with Crippen LogP contribution in [0.5, 0.6) is 0 Å². The number of allylic oxidation sites excluding steroid dienone is 1. The van der Waals surface area contributed by atoms with Crippen molar-refractivity contribution in [3.05, 3.63) is 47.3 Å². The lowest BCUT2D eigenvalue weighted by molar-refractivity contribution is -0.137. The third-order valence-electron chi connectivity index (χ3n) is 2.64. The second-order valence-corrected chi connectivity index (χ2v) is 4.63. The Morgan fingerprint density at radius 2 is 2.20 bits per heavy atom. The minimum Gasteiger partial charge on any atom is -0.481 e. The van der Waals surface area contributed by atoms with Gasteiger partial charge in [-0.3, -0.25) is 9.59 Å². The van der Waals surface area contributed by atoms with Crippen LogP contribution in [0.4, 0.5) is 4.39 Å². The first-order chi connectivity index (χ1) is 9.43. The Kier molecular flexibility index (Phi) is 6.18. The molecule has 1 unspecified atom stereocenters. The fourth-order valence-corrected chi connectivity index (χ4v) is 1.77. The first kappa shape index (κ1) is 16.2. The number of carbonyl (C=O) groups is 2. The number of carboxylic acid groups (broad SMARTS) is 1. The summed E-state index contributed by atoms with van der Waals surface area (Å²) >= 11 is 5.58. The molecule has 1 amide bonds. The lowest BCUT2D eigenvalue weighted by Gasteiger charge is -2.17. The van der Waals surface area contributed by atoms with E-state index in [4.69, 9.17) is 16.7 Å². The molecule has 1 rings (SSSR count). The number of halogens is 2. The summed E-state index contributed by atoms with van der Waals surface area (Å²) in [6.07, 6.45) is 1.95. The van der Waals surface area contributed by atoms with Gasteiger partial charge in [-0.15, -0.1) is 6.58 Å². The molecule has 4 nitrogen and oxygen atoms in total. The number of benzene rings is 1. The van der Waals surface area contributed by atoms with E-state index in [0.29, 0.717) is 12.0 Å². The van der Waals surface area contributed by atoms with Gasteiger partial charge in [0.25, 0.3) is 0 Å². The van der Waals surface area contributed by atoms with Crippen molar-refractivity contribution in [1.29, 1.82) is 0 Å². The molecule has 1 atom stereocenters. The zero-order valence-corrected chi connectivity index (χ0v) is 11.5. The minimum absolute atomic E-state index is 0.0548. The van der Waals surface area contributed by atoms with Crippen LogP contribution >= 0.6 is 11.6 Å². The molecule has 20 heavy (non-hydrogen) atoms. The smallest absolute Gasteiger partial charge is 0.305 e. The molecule has 1 aromatic carbocycles. The molecule has 2 N–H and O–H groups in total. The lowest BCUT2D eigenvalue weighted by atomic mass is 10.0. The lowest BCUT2D eigenvalue weighted by Crippen LogP contribution is -2.30. The molecule has 0 aliphatic carbocycles. The van der Waals surface area contributed by atoms with Crippen LogP contribution in [0.1, 0.15) is 30.9 Å². The number of amides is 1. The Balaban J connectivity index is 2.87. The molecule has 0 fully saturated rings. The van der Waals surface area contributed by atoms with Crippen molar-refractivity contribution in [1.82, 2.24) is 5.32 Å². The molecule has 1 aromatic rings. The molecular weight excluding hydrogens is 285 g/mol. The van der Waals surface area contributed by atoms with Gasteiger partial charge in [-0.1, -0.05) is 23.7 Å². The molecule has 0 saturated heterocycles. The van der Waals surface area contributed by atoms with Crippen molar-refractivity contribution in [3.8, 4) is 0 Å². The highest BCUT2D eigenvalue weighted by Crippen LogP contribution is 2.22. The van der Waals surface area contributed by atoms with Gasteiger partial charge in [0.2, 0.25) is 5.91 Å². The van der Waals surface area contributed by atoms with Crippen molar-refractivity contribution in [3.63, 3.8) is 0 Å². The van der Waals surface area contributed by atoms with Gasteiger partial charge in [-0.05, 0) is 24.1 Å². The predicted molar refractivity (Wildman–Crippen MR) is 74.0 cm³/mol. The van der Waals surface area contributed by atoms with E-state index in [1.807, 2.05) is 0 Å². The van der Waals surface area contributed by atoms with Crippen LogP contribution in [0.3, 0.4) is 0 Å². The molecule has 108 valence electrons. The maximum atomic E-state index is 13.4. The van der Waals surface area contributed by atoms with E-state index in [-0.39, 0.29) is 23.8 Å². The Hall–Kier alpha value is -1.88. The van der Waals surface area contributed by atoms with Crippen LogP contribution in [-0.2, 0) is 9.59 Å². The molecule has 0 spiro atoms. The second kappa shape index (κ2) is 7.65. The SMILES string of the molecule is C=CCCC(=O)NC(CC(=O)O)c1ccc(Cl)c(F)c1. The van der Waals surface area contributed by atoms with Crippen molar-refractivity contribution in [2.45, 2.75) is 25.3 Å². The molecule has 0 aliphatic heterocycles. The molecule has 6 heteroatoms. The number of rotatable bonds is 7. The number of hydrogen-bond acceptors (Lipinski definition) is 2. The van der Waals surface area contributed by atoms with Crippen molar-refractivity contribution < 1.29 is 19.1 Å². The number of nitrogens with one attached hydrogen (secondary N) is 1. The first-order valence-corrected chi connectivity index (χ1v) is 6.39. The van der Waals surface area contributed by atoms with Gasteiger partial charge in [-0.2, -0.15) is 0 Å². The summed E-state index contributed by atoms with van der Waals surface area (Å²) in [5.41, 5.74) is 0.362. The van der Waals surface area contributed by atoms with Crippen LogP contribution < -0.4 is 5.32 Å². The van der Waals surface area contributed by atoms with Crippen LogP contribution in [0.15, 0.2) is 30.9 Å². The topological polar surface area (TPSA) is 66.4 Å². The number of carboxylic acids is 1. The van der Waals surface area contributed by atoms with E-state index in [1.54, 1.807) is 6.08 Å². The second-order valence-electron chi connectivity index (χ2n) is 4.22. The maximum Gasteiger partial charge on any atom is 0.305 e.